The Morgan fingerprint density at radius 3 is 2.61 bits per heavy atom. The van der Waals surface area contributed by atoms with E-state index in [4.69, 9.17) is 19.6 Å². The molecule has 2 saturated heterocycles. The third kappa shape index (κ3) is 4.71. The van der Waals surface area contributed by atoms with E-state index in [9.17, 15) is 4.79 Å². The van der Waals surface area contributed by atoms with Crippen LogP contribution in [0.5, 0.6) is 0 Å². The molecule has 2 aliphatic heterocycles. The Kier molecular flexibility index (Phi) is 7.16. The molecule has 3 aromatic heterocycles. The number of piperidine rings is 1. The van der Waals surface area contributed by atoms with Crippen molar-refractivity contribution in [3.63, 3.8) is 0 Å². The van der Waals surface area contributed by atoms with Crippen molar-refractivity contribution in [2.75, 3.05) is 63.3 Å². The van der Waals surface area contributed by atoms with Crippen molar-refractivity contribution in [3.05, 3.63) is 35.8 Å². The van der Waals surface area contributed by atoms with Crippen LogP contribution < -0.4 is 10.2 Å². The second kappa shape index (κ2) is 10.9. The van der Waals surface area contributed by atoms with E-state index in [2.05, 4.69) is 20.1 Å². The van der Waals surface area contributed by atoms with E-state index >= 15 is 0 Å². The van der Waals surface area contributed by atoms with E-state index in [1.807, 2.05) is 36.9 Å². The molecule has 202 valence electrons. The molecule has 0 spiro atoms. The minimum Gasteiger partial charge on any atom is -0.461 e. The summed E-state index contributed by atoms with van der Waals surface area (Å²) >= 11 is 0. The van der Waals surface area contributed by atoms with Crippen LogP contribution in [-0.4, -0.2) is 89.7 Å². The smallest absolute Gasteiger partial charge is 0.357 e. The maximum atomic E-state index is 13.0. The van der Waals surface area contributed by atoms with Crippen LogP contribution >= 0.6 is 0 Å². The van der Waals surface area contributed by atoms with Gasteiger partial charge in [-0.3, -0.25) is 4.90 Å². The van der Waals surface area contributed by atoms with Crippen LogP contribution in [-0.2, 0) is 9.47 Å². The van der Waals surface area contributed by atoms with E-state index in [0.29, 0.717) is 29.9 Å². The van der Waals surface area contributed by atoms with Gasteiger partial charge >= 0.3 is 5.97 Å². The molecule has 10 nitrogen and oxygen atoms in total. The predicted molar refractivity (Wildman–Crippen MR) is 146 cm³/mol. The van der Waals surface area contributed by atoms with Gasteiger partial charge in [0.15, 0.2) is 11.3 Å². The number of ether oxygens (including phenoxy) is 2. The number of esters is 1. The molecule has 6 rings (SSSR count). The maximum absolute atomic E-state index is 13.0. The van der Waals surface area contributed by atoms with Crippen LogP contribution in [0.4, 0.5) is 11.5 Å². The molecule has 5 heterocycles. The van der Waals surface area contributed by atoms with Gasteiger partial charge in [-0.15, -0.1) is 0 Å². The first-order valence-electron chi connectivity index (χ1n) is 14.0. The quantitative estimate of drug-likeness (QED) is 0.470. The van der Waals surface area contributed by atoms with Gasteiger partial charge in [-0.2, -0.15) is 5.10 Å². The van der Waals surface area contributed by atoms with Crippen LogP contribution in [0.1, 0.15) is 61.1 Å². The molecule has 1 aliphatic carbocycles. The lowest BCUT2D eigenvalue weighted by atomic mass is 9.82. The van der Waals surface area contributed by atoms with Gasteiger partial charge in [0.1, 0.15) is 5.82 Å². The summed E-state index contributed by atoms with van der Waals surface area (Å²) in [6, 6.07) is 6.41. The largest absolute Gasteiger partial charge is 0.461 e. The molecule has 0 unspecified atom stereocenters. The lowest BCUT2D eigenvalue weighted by Crippen LogP contribution is -2.49. The monoisotopic (exact) mass is 519 g/mol. The molecule has 1 saturated carbocycles. The summed E-state index contributed by atoms with van der Waals surface area (Å²) in [5.41, 5.74) is 4.03. The van der Waals surface area contributed by atoms with Gasteiger partial charge < -0.3 is 19.7 Å². The van der Waals surface area contributed by atoms with Crippen LogP contribution in [0.25, 0.3) is 16.7 Å². The number of aromatic nitrogens is 4. The first kappa shape index (κ1) is 25.1. The summed E-state index contributed by atoms with van der Waals surface area (Å²) < 4.78 is 12.9. The van der Waals surface area contributed by atoms with Crippen LogP contribution in [0.2, 0.25) is 0 Å². The fourth-order valence-electron chi connectivity index (χ4n) is 5.93. The third-order valence-corrected chi connectivity index (χ3v) is 8.23. The van der Waals surface area contributed by atoms with Gasteiger partial charge in [0, 0.05) is 57.4 Å². The number of pyridine rings is 2. The summed E-state index contributed by atoms with van der Waals surface area (Å²) in [5.74, 6) is 0.759. The number of nitrogens with zero attached hydrogens (tertiary/aromatic N) is 6. The van der Waals surface area contributed by atoms with Crippen molar-refractivity contribution >= 4 is 28.5 Å². The molecule has 1 N–H and O–H groups in total. The van der Waals surface area contributed by atoms with E-state index in [1.54, 1.807) is 6.20 Å². The number of nitrogens with one attached hydrogen (secondary N) is 1. The van der Waals surface area contributed by atoms with Crippen molar-refractivity contribution < 1.29 is 14.3 Å². The molecule has 0 aromatic carbocycles. The van der Waals surface area contributed by atoms with Gasteiger partial charge in [0.05, 0.1) is 42.3 Å². The Labute approximate surface area is 223 Å². The first-order chi connectivity index (χ1) is 18.7. The van der Waals surface area contributed by atoms with Gasteiger partial charge in [0.25, 0.3) is 0 Å². The van der Waals surface area contributed by atoms with Crippen molar-refractivity contribution in [1.82, 2.24) is 24.6 Å². The molecule has 3 aromatic rings. The highest BCUT2D eigenvalue weighted by molar-refractivity contribution is 5.99. The second-order valence-corrected chi connectivity index (χ2v) is 10.4. The Morgan fingerprint density at radius 1 is 1.13 bits per heavy atom. The zero-order chi connectivity index (χ0) is 26.1. The number of rotatable bonds is 7. The number of carbonyl (C=O) groups excluding carboxylic acids is 1. The number of morpholine rings is 1. The topological polar surface area (TPSA) is 97.6 Å². The molecular formula is C28H37N7O3. The first-order valence-corrected chi connectivity index (χ1v) is 14.0. The van der Waals surface area contributed by atoms with Crippen molar-refractivity contribution in [2.45, 2.75) is 51.0 Å². The molecular weight excluding hydrogens is 482 g/mol. The summed E-state index contributed by atoms with van der Waals surface area (Å²) in [4.78, 5) is 27.2. The average molecular weight is 520 g/mol. The standard InChI is InChI=1S/C28H37N7O3/c1-3-38-28(36)22-18-23(34-11-8-20(9-12-34)33-13-15-37-16-14-33)25-26(19-5-4-6-19)32-35(27(25)31-22)21-7-10-30-24(17-21)29-2/h7,10,17-20H,3-6,8-9,11-16H2,1-2H3,(H,29,30). The number of anilines is 2. The van der Waals surface area contributed by atoms with Crippen LogP contribution in [0, 0.1) is 0 Å². The molecule has 10 heteroatoms. The molecule has 3 aliphatic rings. The van der Waals surface area contributed by atoms with E-state index < -0.39 is 5.97 Å². The lowest BCUT2D eigenvalue weighted by Gasteiger charge is -2.41. The Balaban J connectivity index is 1.44. The Morgan fingerprint density at radius 2 is 1.92 bits per heavy atom. The molecule has 0 amide bonds. The Hall–Kier alpha value is -3.24. The minimum absolute atomic E-state index is 0.307. The van der Waals surface area contributed by atoms with Gasteiger partial charge in [-0.05, 0) is 44.7 Å². The number of hydrogen-bond donors (Lipinski definition) is 1. The number of hydrogen-bond acceptors (Lipinski definition) is 9. The second-order valence-electron chi connectivity index (χ2n) is 10.4. The van der Waals surface area contributed by atoms with Gasteiger partial charge in [0.2, 0.25) is 0 Å². The van der Waals surface area contributed by atoms with Gasteiger partial charge in [-0.25, -0.2) is 19.4 Å². The van der Waals surface area contributed by atoms with Crippen LogP contribution in [0.3, 0.4) is 0 Å². The van der Waals surface area contributed by atoms with Gasteiger partial charge in [-0.1, -0.05) is 6.42 Å². The minimum atomic E-state index is -0.401. The zero-order valence-corrected chi connectivity index (χ0v) is 22.4. The molecule has 38 heavy (non-hydrogen) atoms. The SMILES string of the molecule is CCOC(=O)c1cc(N2CCC(N3CCOCC3)CC2)c2c(C3CCC3)nn(-c3ccnc(NC)c3)c2n1. The summed E-state index contributed by atoms with van der Waals surface area (Å²) in [7, 11) is 1.85. The summed E-state index contributed by atoms with van der Waals surface area (Å²) in [6.45, 7) is 7.65. The molecule has 0 bridgehead atoms. The van der Waals surface area contributed by atoms with Crippen molar-refractivity contribution in [2.24, 2.45) is 0 Å². The Bertz CT molecular complexity index is 1290. The lowest BCUT2D eigenvalue weighted by molar-refractivity contribution is 0.0115. The normalized spacial score (nSPS) is 19.5. The molecule has 3 fully saturated rings. The van der Waals surface area contributed by atoms with E-state index in [0.717, 1.165) is 93.3 Å². The third-order valence-electron chi connectivity index (χ3n) is 8.23. The highest BCUT2D eigenvalue weighted by atomic mass is 16.5. The summed E-state index contributed by atoms with van der Waals surface area (Å²) in [5, 5.41) is 9.32. The highest BCUT2D eigenvalue weighted by Crippen LogP contribution is 2.43. The van der Waals surface area contributed by atoms with E-state index in [1.165, 1.54) is 6.42 Å². The average Bonchev–Trinajstić information content (AvgIpc) is 3.31. The fourth-order valence-corrected chi connectivity index (χ4v) is 5.93. The van der Waals surface area contributed by atoms with Crippen molar-refractivity contribution in [1.29, 1.82) is 0 Å². The summed E-state index contributed by atoms with van der Waals surface area (Å²) in [6.07, 6.45) is 7.41. The number of fused-ring (bicyclic) bond motifs is 1. The molecule has 0 radical (unpaired) electrons. The maximum Gasteiger partial charge on any atom is 0.357 e. The molecule has 0 atom stereocenters. The fraction of sp³-hybridized carbons (Fsp3) is 0.571. The van der Waals surface area contributed by atoms with Crippen molar-refractivity contribution in [3.8, 4) is 5.69 Å². The highest BCUT2D eigenvalue weighted by Gasteiger charge is 2.32. The van der Waals surface area contributed by atoms with E-state index in [-0.39, 0.29) is 0 Å². The number of carbonyl (C=O) groups is 1. The zero-order valence-electron chi connectivity index (χ0n) is 22.4. The predicted octanol–water partition coefficient (Wildman–Crippen LogP) is 3.60. The van der Waals surface area contributed by atoms with Crippen LogP contribution in [0.15, 0.2) is 24.4 Å².